The van der Waals surface area contributed by atoms with Crippen LogP contribution in [0.15, 0.2) is 24.3 Å². The predicted molar refractivity (Wildman–Crippen MR) is 36.4 cm³/mol. The van der Waals surface area contributed by atoms with Gasteiger partial charge < -0.3 is 0 Å². The van der Waals surface area contributed by atoms with E-state index >= 15 is 0 Å². The Balaban J connectivity index is 0.00000196. The molecule has 0 heterocycles. The van der Waals surface area contributed by atoms with Crippen LogP contribution in [0.25, 0.3) is 0 Å². The Kier molecular flexibility index (Phi) is 4.34. The third-order valence-corrected chi connectivity index (χ3v) is 1.52. The van der Waals surface area contributed by atoms with Crippen LogP contribution in [0.3, 0.4) is 0 Å². The summed E-state index contributed by atoms with van der Waals surface area (Å²) in [5, 5.41) is 0. The van der Waals surface area contributed by atoms with E-state index < -0.39 is 23.5 Å². The van der Waals surface area contributed by atoms with Crippen molar-refractivity contribution in [1.29, 1.82) is 0 Å². The molecule has 80 valence electrons. The number of alkyl halides is 6. The van der Waals surface area contributed by atoms with Gasteiger partial charge in [-0.05, 0) is 18.2 Å². The molecule has 0 radical (unpaired) electrons. The van der Waals surface area contributed by atoms with Crippen molar-refractivity contribution in [3.05, 3.63) is 35.4 Å². The first kappa shape index (κ1) is 14.4. The van der Waals surface area contributed by atoms with E-state index in [0.29, 0.717) is 12.1 Å². The van der Waals surface area contributed by atoms with Crippen molar-refractivity contribution < 1.29 is 45.8 Å². The maximum absolute atomic E-state index is 12.0. The molecule has 0 aliphatic rings. The van der Waals surface area contributed by atoms with Gasteiger partial charge in [0.15, 0.2) is 0 Å². The minimum atomic E-state index is -4.75. The van der Waals surface area contributed by atoms with Gasteiger partial charge in [0, 0.05) is 19.5 Å². The van der Waals surface area contributed by atoms with E-state index in [9.17, 15) is 26.3 Å². The minimum absolute atomic E-state index is 0. The van der Waals surface area contributed by atoms with Crippen LogP contribution in [-0.4, -0.2) is 0 Å². The van der Waals surface area contributed by atoms with Gasteiger partial charge in [-0.15, -0.1) is 0 Å². The van der Waals surface area contributed by atoms with Crippen molar-refractivity contribution in [2.75, 3.05) is 0 Å². The molecule has 0 atom stereocenters. The quantitative estimate of drug-likeness (QED) is 0.501. The molecule has 0 spiro atoms. The van der Waals surface area contributed by atoms with E-state index in [0.717, 1.165) is 6.07 Å². The standard InChI is InChI=1S/C8H4F6.Zn/c9-7(10,11)5-2-1-3-6(4-5)8(12,13)14;/h1-4H;. The third kappa shape index (κ3) is 3.82. The molecular formula is C8H4F6Zn. The van der Waals surface area contributed by atoms with E-state index in [1.54, 1.807) is 0 Å². The Morgan fingerprint density at radius 1 is 0.733 bits per heavy atom. The molecule has 0 unspecified atom stereocenters. The Labute approximate surface area is 94.0 Å². The van der Waals surface area contributed by atoms with Gasteiger partial charge in [-0.3, -0.25) is 0 Å². The summed E-state index contributed by atoms with van der Waals surface area (Å²) in [4.78, 5) is 0. The fraction of sp³-hybridized carbons (Fsp3) is 0.250. The second-order valence-electron chi connectivity index (χ2n) is 2.58. The first-order chi connectivity index (χ1) is 6.21. The fourth-order valence-electron chi connectivity index (χ4n) is 0.872. The first-order valence-corrected chi connectivity index (χ1v) is 3.46. The molecule has 0 saturated carbocycles. The fourth-order valence-corrected chi connectivity index (χ4v) is 0.872. The number of hydrogen-bond acceptors (Lipinski definition) is 0. The summed E-state index contributed by atoms with van der Waals surface area (Å²) in [6.45, 7) is 0. The Morgan fingerprint density at radius 3 is 1.33 bits per heavy atom. The molecule has 1 aromatic carbocycles. The summed E-state index contributed by atoms with van der Waals surface area (Å²) in [5.41, 5.74) is -2.60. The van der Waals surface area contributed by atoms with E-state index in [4.69, 9.17) is 0 Å². The smallest absolute Gasteiger partial charge is 0.166 e. The van der Waals surface area contributed by atoms with Crippen molar-refractivity contribution in [3.63, 3.8) is 0 Å². The monoisotopic (exact) mass is 278 g/mol. The number of benzene rings is 1. The molecule has 0 saturated heterocycles. The van der Waals surface area contributed by atoms with E-state index in [1.165, 1.54) is 0 Å². The van der Waals surface area contributed by atoms with Crippen molar-refractivity contribution in [1.82, 2.24) is 0 Å². The van der Waals surface area contributed by atoms with Gasteiger partial charge in [0.1, 0.15) is 0 Å². The van der Waals surface area contributed by atoms with Crippen LogP contribution in [-0.2, 0) is 31.8 Å². The maximum Gasteiger partial charge on any atom is 0.416 e. The summed E-state index contributed by atoms with van der Waals surface area (Å²) in [6.07, 6.45) is -9.50. The molecule has 15 heavy (non-hydrogen) atoms. The maximum atomic E-state index is 12.0. The summed E-state index contributed by atoms with van der Waals surface area (Å²) in [5.74, 6) is 0. The number of rotatable bonds is 0. The van der Waals surface area contributed by atoms with Gasteiger partial charge in [-0.25, -0.2) is 0 Å². The SMILES string of the molecule is FC(F)(F)c1cccc(C(F)(F)F)c1.[Zn]. The summed E-state index contributed by atoms with van der Waals surface area (Å²) in [7, 11) is 0. The van der Waals surface area contributed by atoms with Gasteiger partial charge in [-0.1, -0.05) is 6.07 Å². The van der Waals surface area contributed by atoms with Gasteiger partial charge >= 0.3 is 12.4 Å². The second-order valence-corrected chi connectivity index (χ2v) is 2.58. The normalized spacial score (nSPS) is 12.1. The summed E-state index contributed by atoms with van der Waals surface area (Å²) >= 11 is 0. The van der Waals surface area contributed by atoms with Crippen LogP contribution in [0, 0.1) is 0 Å². The van der Waals surface area contributed by atoms with Crippen molar-refractivity contribution in [3.8, 4) is 0 Å². The molecule has 0 fully saturated rings. The second kappa shape index (κ2) is 4.51. The number of hydrogen-bond donors (Lipinski definition) is 0. The molecule has 0 aliphatic carbocycles. The molecule has 1 aromatic rings. The summed E-state index contributed by atoms with van der Waals surface area (Å²) < 4.78 is 71.9. The van der Waals surface area contributed by atoms with Crippen LogP contribution >= 0.6 is 0 Å². The van der Waals surface area contributed by atoms with Crippen molar-refractivity contribution in [2.24, 2.45) is 0 Å². The van der Waals surface area contributed by atoms with Crippen LogP contribution in [0.5, 0.6) is 0 Å². The zero-order chi connectivity index (χ0) is 11.0. The third-order valence-electron chi connectivity index (χ3n) is 1.52. The number of halogens is 6. The molecule has 1 rings (SSSR count). The molecule has 0 aromatic heterocycles. The molecule has 7 heteroatoms. The Hall–Kier alpha value is -0.577. The van der Waals surface area contributed by atoms with Crippen LogP contribution < -0.4 is 0 Å². The van der Waals surface area contributed by atoms with Gasteiger partial charge in [0.2, 0.25) is 0 Å². The largest absolute Gasteiger partial charge is 0.416 e. The van der Waals surface area contributed by atoms with Crippen molar-refractivity contribution >= 4 is 0 Å². The molecule has 0 aliphatic heterocycles. The van der Waals surface area contributed by atoms with Crippen LogP contribution in [0.1, 0.15) is 11.1 Å². The first-order valence-electron chi connectivity index (χ1n) is 3.46. The molecular weight excluding hydrogens is 275 g/mol. The Morgan fingerprint density at radius 2 is 1.07 bits per heavy atom. The molecule has 0 nitrogen and oxygen atoms in total. The van der Waals surface area contributed by atoms with Crippen LogP contribution in [0.4, 0.5) is 26.3 Å². The molecule has 0 N–H and O–H groups in total. The minimum Gasteiger partial charge on any atom is -0.166 e. The zero-order valence-electron chi connectivity index (χ0n) is 7.28. The average Bonchev–Trinajstić information content (AvgIpc) is 2.01. The average molecular weight is 279 g/mol. The molecule has 0 bridgehead atoms. The van der Waals surface area contributed by atoms with Crippen molar-refractivity contribution in [2.45, 2.75) is 12.4 Å². The van der Waals surface area contributed by atoms with E-state index in [-0.39, 0.29) is 25.5 Å². The van der Waals surface area contributed by atoms with E-state index in [1.807, 2.05) is 0 Å². The van der Waals surface area contributed by atoms with Crippen LogP contribution in [0.2, 0.25) is 0 Å². The molecule has 0 amide bonds. The van der Waals surface area contributed by atoms with E-state index in [2.05, 4.69) is 0 Å². The zero-order valence-corrected chi connectivity index (χ0v) is 10.3. The van der Waals surface area contributed by atoms with Gasteiger partial charge in [-0.2, -0.15) is 26.3 Å². The predicted octanol–water partition coefficient (Wildman–Crippen LogP) is 3.72. The Bertz CT molecular complexity index is 297. The van der Waals surface area contributed by atoms with Gasteiger partial charge in [0.05, 0.1) is 11.1 Å². The topological polar surface area (TPSA) is 0 Å². The van der Waals surface area contributed by atoms with Gasteiger partial charge in [0.25, 0.3) is 0 Å². The summed E-state index contributed by atoms with van der Waals surface area (Å²) in [6, 6.07) is 2.00.